The van der Waals surface area contributed by atoms with Crippen LogP contribution in [0.4, 0.5) is 13.2 Å². The molecule has 0 aliphatic heterocycles. The Hall–Kier alpha value is -0.770. The molecule has 1 fully saturated rings. The Kier molecular flexibility index (Phi) is 2.87. The number of hydrogen-bond acceptors (Lipinski definition) is 1. The molecule has 0 saturated heterocycles. The van der Waals surface area contributed by atoms with Crippen molar-refractivity contribution in [2.75, 3.05) is 6.54 Å². The second-order valence-corrected chi connectivity index (χ2v) is 4.18. The molecule has 0 amide bonds. The Balaban J connectivity index is 1.81. The van der Waals surface area contributed by atoms with Crippen molar-refractivity contribution < 1.29 is 13.2 Å². The van der Waals surface area contributed by atoms with Crippen molar-refractivity contribution in [3.63, 3.8) is 0 Å². The number of halogens is 3. The summed E-state index contributed by atoms with van der Waals surface area (Å²) in [6.45, 7) is 0.700. The van der Waals surface area contributed by atoms with Crippen molar-refractivity contribution in [3.8, 4) is 0 Å². The molecule has 0 aromatic carbocycles. The number of alkyl halides is 3. The lowest BCUT2D eigenvalue weighted by molar-refractivity contribution is -0.160. The lowest BCUT2D eigenvalue weighted by Gasteiger charge is -2.19. The van der Waals surface area contributed by atoms with Gasteiger partial charge in [-0.15, -0.1) is 0 Å². The molecule has 0 radical (unpaired) electrons. The first-order valence-corrected chi connectivity index (χ1v) is 5.23. The summed E-state index contributed by atoms with van der Waals surface area (Å²) >= 11 is 0. The van der Waals surface area contributed by atoms with Gasteiger partial charge in [0.2, 0.25) is 0 Å². The average molecular weight is 217 g/mol. The first-order valence-electron chi connectivity index (χ1n) is 5.23. The molecule has 4 heteroatoms. The van der Waals surface area contributed by atoms with Crippen LogP contribution >= 0.6 is 0 Å². The lowest BCUT2D eigenvalue weighted by atomic mass is 9.96. The highest BCUT2D eigenvalue weighted by atomic mass is 19.4. The van der Waals surface area contributed by atoms with Crippen LogP contribution in [0.1, 0.15) is 19.3 Å². The lowest BCUT2D eigenvalue weighted by Crippen LogP contribution is -2.24. The third-order valence-corrected chi connectivity index (χ3v) is 2.77. The van der Waals surface area contributed by atoms with Gasteiger partial charge in [-0.3, -0.25) is 0 Å². The third-order valence-electron chi connectivity index (χ3n) is 2.77. The number of nitrogens with one attached hydrogen (secondary N) is 1. The Morgan fingerprint density at radius 2 is 2.07 bits per heavy atom. The Morgan fingerprint density at radius 1 is 1.33 bits per heavy atom. The van der Waals surface area contributed by atoms with Crippen LogP contribution in [-0.4, -0.2) is 18.8 Å². The smallest absolute Gasteiger partial charge is 0.310 e. The van der Waals surface area contributed by atoms with Crippen LogP contribution in [0, 0.1) is 5.92 Å². The first kappa shape index (κ1) is 10.7. The summed E-state index contributed by atoms with van der Waals surface area (Å²) < 4.78 is 36.9. The van der Waals surface area contributed by atoms with E-state index in [-0.39, 0.29) is 6.42 Å². The van der Waals surface area contributed by atoms with E-state index in [1.165, 1.54) is 18.9 Å². The van der Waals surface area contributed by atoms with Crippen molar-refractivity contribution in [3.05, 3.63) is 23.8 Å². The van der Waals surface area contributed by atoms with E-state index in [1.54, 1.807) is 12.2 Å². The highest BCUT2D eigenvalue weighted by Gasteiger charge is 2.37. The van der Waals surface area contributed by atoms with Gasteiger partial charge in [-0.2, -0.15) is 13.2 Å². The molecule has 1 nitrogen and oxygen atoms in total. The molecule has 2 aliphatic carbocycles. The highest BCUT2D eigenvalue weighted by Crippen LogP contribution is 2.33. The molecule has 1 atom stereocenters. The molecule has 2 aliphatic rings. The zero-order valence-corrected chi connectivity index (χ0v) is 8.35. The molecular formula is C11H14F3N. The van der Waals surface area contributed by atoms with Gasteiger partial charge in [0.25, 0.3) is 0 Å². The summed E-state index contributed by atoms with van der Waals surface area (Å²) in [6.07, 6.45) is 2.93. The molecule has 1 unspecified atom stereocenters. The molecule has 2 rings (SSSR count). The van der Waals surface area contributed by atoms with Gasteiger partial charge in [-0.1, -0.05) is 18.2 Å². The SMILES string of the molecule is FC(F)(F)C1C=CC(CNC2CC2)=CC1. The van der Waals surface area contributed by atoms with Crippen LogP contribution in [0.2, 0.25) is 0 Å². The summed E-state index contributed by atoms with van der Waals surface area (Å²) in [5.41, 5.74) is 0.974. The maximum absolute atomic E-state index is 12.3. The molecule has 0 heterocycles. The average Bonchev–Trinajstić information content (AvgIpc) is 2.97. The number of hydrogen-bond donors (Lipinski definition) is 1. The Bertz CT molecular complexity index is 287. The molecule has 0 aromatic rings. The van der Waals surface area contributed by atoms with Gasteiger partial charge in [-0.05, 0) is 24.8 Å². The van der Waals surface area contributed by atoms with Crippen molar-refractivity contribution in [2.24, 2.45) is 5.92 Å². The quantitative estimate of drug-likeness (QED) is 0.766. The molecule has 0 bridgehead atoms. The van der Waals surface area contributed by atoms with Gasteiger partial charge in [0.15, 0.2) is 0 Å². The van der Waals surface area contributed by atoms with Crippen LogP contribution in [0.25, 0.3) is 0 Å². The van der Waals surface area contributed by atoms with Crippen LogP contribution < -0.4 is 5.32 Å². The molecule has 15 heavy (non-hydrogen) atoms. The maximum Gasteiger partial charge on any atom is 0.395 e. The third kappa shape index (κ3) is 3.09. The topological polar surface area (TPSA) is 12.0 Å². The zero-order valence-electron chi connectivity index (χ0n) is 8.35. The number of rotatable bonds is 3. The number of allylic oxidation sites excluding steroid dienone is 2. The minimum Gasteiger partial charge on any atom is -0.310 e. The van der Waals surface area contributed by atoms with E-state index in [0.29, 0.717) is 12.6 Å². The van der Waals surface area contributed by atoms with Gasteiger partial charge in [0.1, 0.15) is 0 Å². The molecule has 0 aromatic heterocycles. The largest absolute Gasteiger partial charge is 0.395 e. The summed E-state index contributed by atoms with van der Waals surface area (Å²) in [5.74, 6) is -1.29. The van der Waals surface area contributed by atoms with E-state index in [1.807, 2.05) is 0 Å². The standard InChI is InChI=1S/C11H14F3N/c12-11(13,14)9-3-1-8(2-4-9)7-15-10-5-6-10/h1-3,9-10,15H,4-7H2. The second kappa shape index (κ2) is 4.00. The molecule has 0 spiro atoms. The minimum atomic E-state index is -4.09. The normalized spacial score (nSPS) is 26.6. The fourth-order valence-corrected chi connectivity index (χ4v) is 1.59. The fourth-order valence-electron chi connectivity index (χ4n) is 1.59. The second-order valence-electron chi connectivity index (χ2n) is 4.18. The molecule has 1 saturated carbocycles. The monoisotopic (exact) mass is 217 g/mol. The van der Waals surface area contributed by atoms with Crippen molar-refractivity contribution in [1.29, 1.82) is 0 Å². The van der Waals surface area contributed by atoms with Crippen LogP contribution in [0.3, 0.4) is 0 Å². The van der Waals surface area contributed by atoms with E-state index >= 15 is 0 Å². The Labute approximate surface area is 87.0 Å². The van der Waals surface area contributed by atoms with Crippen molar-refractivity contribution in [1.82, 2.24) is 5.32 Å². The minimum absolute atomic E-state index is 0.0850. The van der Waals surface area contributed by atoms with Gasteiger partial charge in [-0.25, -0.2) is 0 Å². The molecule has 1 N–H and O–H groups in total. The summed E-state index contributed by atoms with van der Waals surface area (Å²) in [4.78, 5) is 0. The zero-order chi connectivity index (χ0) is 10.9. The van der Waals surface area contributed by atoms with Gasteiger partial charge >= 0.3 is 6.18 Å². The van der Waals surface area contributed by atoms with Crippen LogP contribution in [-0.2, 0) is 0 Å². The van der Waals surface area contributed by atoms with E-state index in [9.17, 15) is 13.2 Å². The predicted octanol–water partition coefficient (Wildman–Crippen LogP) is 2.80. The van der Waals surface area contributed by atoms with Crippen molar-refractivity contribution in [2.45, 2.75) is 31.5 Å². The molecule has 84 valence electrons. The van der Waals surface area contributed by atoms with Gasteiger partial charge < -0.3 is 5.32 Å². The summed E-state index contributed by atoms with van der Waals surface area (Å²) in [5, 5.41) is 3.28. The van der Waals surface area contributed by atoms with Gasteiger partial charge in [0, 0.05) is 12.6 Å². The van der Waals surface area contributed by atoms with Crippen LogP contribution in [0.5, 0.6) is 0 Å². The predicted molar refractivity (Wildman–Crippen MR) is 52.4 cm³/mol. The Morgan fingerprint density at radius 3 is 2.53 bits per heavy atom. The summed E-state index contributed by atoms with van der Waals surface area (Å²) in [6, 6.07) is 0.597. The van der Waals surface area contributed by atoms with Crippen LogP contribution in [0.15, 0.2) is 23.8 Å². The summed E-state index contributed by atoms with van der Waals surface area (Å²) in [7, 11) is 0. The van der Waals surface area contributed by atoms with Crippen molar-refractivity contribution >= 4 is 0 Å². The van der Waals surface area contributed by atoms with Gasteiger partial charge in [0.05, 0.1) is 5.92 Å². The van der Waals surface area contributed by atoms with E-state index in [0.717, 1.165) is 5.57 Å². The molecular weight excluding hydrogens is 203 g/mol. The highest BCUT2D eigenvalue weighted by molar-refractivity contribution is 5.26. The maximum atomic E-state index is 12.3. The van der Waals surface area contributed by atoms with E-state index < -0.39 is 12.1 Å². The van der Waals surface area contributed by atoms with E-state index in [4.69, 9.17) is 0 Å². The fraction of sp³-hybridized carbons (Fsp3) is 0.636. The van der Waals surface area contributed by atoms with E-state index in [2.05, 4.69) is 5.32 Å². The first-order chi connectivity index (χ1) is 7.05.